The molecule has 1 aliphatic heterocycles. The van der Waals surface area contributed by atoms with Gasteiger partial charge in [-0.1, -0.05) is 0 Å². The average Bonchev–Trinajstić information content (AvgIpc) is 2.78. The van der Waals surface area contributed by atoms with Crippen LogP contribution in [0.2, 0.25) is 0 Å². The number of nitrogens with one attached hydrogen (secondary N) is 2. The van der Waals surface area contributed by atoms with E-state index in [2.05, 4.69) is 15.6 Å². The Labute approximate surface area is 76.0 Å². The topological polar surface area (TPSA) is 78.1 Å². The number of hydrazine groups is 1. The van der Waals surface area contributed by atoms with Gasteiger partial charge in [0.25, 0.3) is 10.0 Å². The molecule has 0 aliphatic carbocycles. The second kappa shape index (κ2) is 3.09. The molecule has 0 spiro atoms. The van der Waals surface area contributed by atoms with E-state index in [4.69, 9.17) is 0 Å². The van der Waals surface area contributed by atoms with E-state index in [0.717, 1.165) is 6.42 Å². The lowest BCUT2D eigenvalue weighted by molar-refractivity contribution is 0.399. The Hall–Kier alpha value is -0.920. The van der Waals surface area contributed by atoms with Crippen molar-refractivity contribution in [2.45, 2.75) is 11.3 Å². The minimum absolute atomic E-state index is 0.196. The molecule has 72 valence electrons. The van der Waals surface area contributed by atoms with Crippen molar-refractivity contribution in [3.8, 4) is 0 Å². The van der Waals surface area contributed by atoms with Crippen molar-refractivity contribution in [2.24, 2.45) is 0 Å². The third kappa shape index (κ3) is 1.45. The van der Waals surface area contributed by atoms with Crippen molar-refractivity contribution >= 4 is 10.0 Å². The first-order valence-corrected chi connectivity index (χ1v) is 5.40. The Kier molecular flexibility index (Phi) is 2.06. The van der Waals surface area contributed by atoms with Crippen LogP contribution in [0.25, 0.3) is 0 Å². The number of aromatic amines is 1. The molecule has 1 aromatic heterocycles. The molecule has 7 heteroatoms. The third-order valence-corrected chi connectivity index (χ3v) is 3.60. The molecule has 2 heterocycles. The summed E-state index contributed by atoms with van der Waals surface area (Å²) in [6.07, 6.45) is 3.52. The molecule has 0 atom stereocenters. The molecule has 2 rings (SSSR count). The number of rotatable bonds is 2. The molecule has 1 aliphatic rings. The van der Waals surface area contributed by atoms with Gasteiger partial charge in [-0.2, -0.15) is 5.10 Å². The summed E-state index contributed by atoms with van der Waals surface area (Å²) in [5, 5.41) is 6.08. The Bertz CT molecular complexity index is 365. The van der Waals surface area contributed by atoms with Crippen molar-refractivity contribution < 1.29 is 8.42 Å². The number of aromatic nitrogens is 2. The highest BCUT2D eigenvalue weighted by Crippen LogP contribution is 2.13. The second-order valence-electron chi connectivity index (χ2n) is 2.77. The Morgan fingerprint density at radius 2 is 2.38 bits per heavy atom. The van der Waals surface area contributed by atoms with Gasteiger partial charge in [0.2, 0.25) is 0 Å². The Balaban J connectivity index is 2.30. The van der Waals surface area contributed by atoms with Crippen LogP contribution in [0.5, 0.6) is 0 Å². The van der Waals surface area contributed by atoms with Gasteiger partial charge >= 0.3 is 0 Å². The molecule has 13 heavy (non-hydrogen) atoms. The largest absolute Gasteiger partial charge is 0.284 e. The van der Waals surface area contributed by atoms with Gasteiger partial charge in [-0.15, -0.1) is 4.41 Å². The maximum atomic E-state index is 11.7. The van der Waals surface area contributed by atoms with Gasteiger partial charge in [0.05, 0.1) is 6.20 Å². The van der Waals surface area contributed by atoms with E-state index in [1.165, 1.54) is 16.8 Å². The molecule has 0 amide bonds. The van der Waals surface area contributed by atoms with E-state index >= 15 is 0 Å². The summed E-state index contributed by atoms with van der Waals surface area (Å²) in [6.45, 7) is 1.23. The lowest BCUT2D eigenvalue weighted by Gasteiger charge is -2.13. The molecule has 1 saturated heterocycles. The molecule has 1 aromatic rings. The van der Waals surface area contributed by atoms with E-state index in [0.29, 0.717) is 13.1 Å². The molecule has 0 unspecified atom stereocenters. The van der Waals surface area contributed by atoms with Crippen LogP contribution >= 0.6 is 0 Å². The highest BCUT2D eigenvalue weighted by atomic mass is 32.2. The van der Waals surface area contributed by atoms with Gasteiger partial charge < -0.3 is 0 Å². The summed E-state index contributed by atoms with van der Waals surface area (Å²) < 4.78 is 24.6. The van der Waals surface area contributed by atoms with Crippen molar-refractivity contribution in [3.05, 3.63) is 12.4 Å². The molecule has 0 radical (unpaired) electrons. The maximum absolute atomic E-state index is 11.7. The van der Waals surface area contributed by atoms with Crippen LogP contribution < -0.4 is 5.43 Å². The summed E-state index contributed by atoms with van der Waals surface area (Å²) in [5.74, 6) is 0. The van der Waals surface area contributed by atoms with Crippen LogP contribution in [-0.2, 0) is 10.0 Å². The summed E-state index contributed by atoms with van der Waals surface area (Å²) in [4.78, 5) is 0.196. The van der Waals surface area contributed by atoms with Gasteiger partial charge in [0, 0.05) is 19.3 Å². The second-order valence-corrected chi connectivity index (χ2v) is 4.64. The summed E-state index contributed by atoms with van der Waals surface area (Å²) in [7, 11) is -3.37. The third-order valence-electron chi connectivity index (χ3n) is 1.89. The van der Waals surface area contributed by atoms with Gasteiger partial charge in [0.1, 0.15) is 4.90 Å². The van der Waals surface area contributed by atoms with E-state index in [9.17, 15) is 8.42 Å². The lowest BCUT2D eigenvalue weighted by Crippen LogP contribution is -2.36. The van der Waals surface area contributed by atoms with Crippen LogP contribution in [0, 0.1) is 0 Å². The van der Waals surface area contributed by atoms with Crippen LogP contribution in [0.1, 0.15) is 6.42 Å². The Morgan fingerprint density at radius 3 is 2.92 bits per heavy atom. The molecule has 6 nitrogen and oxygen atoms in total. The fraction of sp³-hybridized carbons (Fsp3) is 0.500. The first kappa shape index (κ1) is 8.67. The lowest BCUT2D eigenvalue weighted by atomic mass is 10.5. The summed E-state index contributed by atoms with van der Waals surface area (Å²) >= 11 is 0. The van der Waals surface area contributed by atoms with Gasteiger partial charge in [-0.05, 0) is 6.42 Å². The van der Waals surface area contributed by atoms with E-state index < -0.39 is 10.0 Å². The number of sulfonamides is 1. The molecular formula is C6H10N4O2S. The van der Waals surface area contributed by atoms with Crippen molar-refractivity contribution in [3.63, 3.8) is 0 Å². The van der Waals surface area contributed by atoms with E-state index in [1.807, 2.05) is 0 Å². The standard InChI is InChI=1S/C6H10N4O2S/c11-13(12,6-4-7-8-5-6)10-3-1-2-9-10/h4-5,9H,1-3H2,(H,7,8). The van der Waals surface area contributed by atoms with Crippen LogP contribution in [0.4, 0.5) is 0 Å². The van der Waals surface area contributed by atoms with Crippen LogP contribution in [-0.4, -0.2) is 36.1 Å². The fourth-order valence-corrected chi connectivity index (χ4v) is 2.49. The Morgan fingerprint density at radius 1 is 1.54 bits per heavy atom. The summed E-state index contributed by atoms with van der Waals surface area (Å²) in [6, 6.07) is 0. The highest BCUT2D eigenvalue weighted by molar-refractivity contribution is 7.89. The summed E-state index contributed by atoms with van der Waals surface area (Å²) in [5.41, 5.74) is 2.79. The highest BCUT2D eigenvalue weighted by Gasteiger charge is 2.27. The molecule has 1 fully saturated rings. The SMILES string of the molecule is O=S(=O)(c1cn[nH]c1)N1CCCN1. The molecule has 0 bridgehead atoms. The monoisotopic (exact) mass is 202 g/mol. The zero-order valence-corrected chi connectivity index (χ0v) is 7.71. The normalized spacial score (nSPS) is 19.4. The van der Waals surface area contributed by atoms with Crippen LogP contribution in [0.15, 0.2) is 17.3 Å². The fourth-order valence-electron chi connectivity index (χ4n) is 1.22. The smallest absolute Gasteiger partial charge is 0.258 e. The molecule has 0 aromatic carbocycles. The first-order chi connectivity index (χ1) is 6.21. The van der Waals surface area contributed by atoms with Gasteiger partial charge in [0.15, 0.2) is 0 Å². The zero-order valence-electron chi connectivity index (χ0n) is 6.90. The van der Waals surface area contributed by atoms with E-state index in [1.54, 1.807) is 0 Å². The number of nitrogens with zero attached hydrogens (tertiary/aromatic N) is 2. The maximum Gasteiger partial charge on any atom is 0.258 e. The minimum Gasteiger partial charge on any atom is -0.284 e. The zero-order chi connectivity index (χ0) is 9.31. The average molecular weight is 202 g/mol. The van der Waals surface area contributed by atoms with Crippen molar-refractivity contribution in [2.75, 3.05) is 13.1 Å². The number of hydrogen-bond donors (Lipinski definition) is 2. The van der Waals surface area contributed by atoms with Crippen molar-refractivity contribution in [1.29, 1.82) is 0 Å². The van der Waals surface area contributed by atoms with Crippen LogP contribution in [0.3, 0.4) is 0 Å². The van der Waals surface area contributed by atoms with Gasteiger partial charge in [-0.25, -0.2) is 13.8 Å². The molecular weight excluding hydrogens is 192 g/mol. The number of hydrogen-bond acceptors (Lipinski definition) is 4. The van der Waals surface area contributed by atoms with E-state index in [-0.39, 0.29) is 4.90 Å². The first-order valence-electron chi connectivity index (χ1n) is 3.96. The molecule has 0 saturated carbocycles. The minimum atomic E-state index is -3.37. The predicted octanol–water partition coefficient (Wildman–Crippen LogP) is -0.691. The number of H-pyrrole nitrogens is 1. The predicted molar refractivity (Wildman–Crippen MR) is 45.1 cm³/mol. The van der Waals surface area contributed by atoms with Gasteiger partial charge in [-0.3, -0.25) is 5.10 Å². The molecule has 2 N–H and O–H groups in total. The van der Waals surface area contributed by atoms with Crippen molar-refractivity contribution in [1.82, 2.24) is 20.0 Å². The quantitative estimate of drug-likeness (QED) is 0.665.